The molecule has 0 saturated heterocycles. The maximum Gasteiger partial charge on any atom is 0.164 e. The summed E-state index contributed by atoms with van der Waals surface area (Å²) in [6.45, 7) is 6.97. The predicted octanol–water partition coefficient (Wildman–Crippen LogP) is 11.3. The molecule has 0 N–H and O–H groups in total. The summed E-state index contributed by atoms with van der Waals surface area (Å²) in [7, 11) is 0. The van der Waals surface area contributed by atoms with Gasteiger partial charge in [-0.05, 0) is 52.6 Å². The Balaban J connectivity index is 0.00000112. The van der Waals surface area contributed by atoms with E-state index in [1.165, 1.54) is 44.1 Å². The highest BCUT2D eigenvalue weighted by atomic mass is 15.0. The molecule has 2 heterocycles. The first-order chi connectivity index (χ1) is 24.0. The van der Waals surface area contributed by atoms with Crippen molar-refractivity contribution in [1.29, 1.82) is 0 Å². The van der Waals surface area contributed by atoms with Gasteiger partial charge in [0.2, 0.25) is 0 Å². The lowest BCUT2D eigenvalue weighted by molar-refractivity contribution is 0.661. The van der Waals surface area contributed by atoms with Crippen molar-refractivity contribution >= 4 is 21.8 Å². The summed E-state index contributed by atoms with van der Waals surface area (Å²) in [5, 5.41) is 2.50. The third kappa shape index (κ3) is 4.72. The zero-order valence-electron chi connectivity index (χ0n) is 28.4. The van der Waals surface area contributed by atoms with E-state index < -0.39 is 0 Å². The van der Waals surface area contributed by atoms with E-state index >= 15 is 0 Å². The van der Waals surface area contributed by atoms with Crippen LogP contribution in [0.5, 0.6) is 0 Å². The summed E-state index contributed by atoms with van der Waals surface area (Å²) >= 11 is 0. The first-order valence-corrected chi connectivity index (χ1v) is 16.4. The van der Waals surface area contributed by atoms with Gasteiger partial charge in [-0.25, -0.2) is 15.0 Å². The van der Waals surface area contributed by atoms with Crippen LogP contribution in [0.3, 0.4) is 0 Å². The Morgan fingerprint density at radius 2 is 1.06 bits per heavy atom. The molecule has 48 heavy (non-hydrogen) atoms. The molecule has 0 amide bonds. The van der Waals surface area contributed by atoms with Crippen molar-refractivity contribution in [2.24, 2.45) is 0 Å². The molecule has 6 aromatic carbocycles. The van der Waals surface area contributed by atoms with E-state index in [2.05, 4.69) is 103 Å². The molecule has 0 atom stereocenters. The topological polar surface area (TPSA) is 43.6 Å². The van der Waals surface area contributed by atoms with Crippen LogP contribution in [0.4, 0.5) is 0 Å². The van der Waals surface area contributed by atoms with Crippen LogP contribution in [0.15, 0.2) is 146 Å². The van der Waals surface area contributed by atoms with E-state index in [1.54, 1.807) is 6.92 Å². The molecule has 0 spiro atoms. The molecule has 1 aliphatic rings. The van der Waals surface area contributed by atoms with E-state index in [0.717, 1.165) is 22.4 Å². The normalized spacial score (nSPS) is 13.0. The Hall–Kier alpha value is -5.87. The van der Waals surface area contributed by atoms with Crippen molar-refractivity contribution in [3.05, 3.63) is 157 Å². The molecule has 232 valence electrons. The van der Waals surface area contributed by atoms with Crippen LogP contribution >= 0.6 is 0 Å². The fourth-order valence-corrected chi connectivity index (χ4v) is 7.16. The monoisotopic (exact) mass is 622 g/mol. The quantitative estimate of drug-likeness (QED) is 0.196. The minimum atomic E-state index is -0.0875. The van der Waals surface area contributed by atoms with Crippen LogP contribution in [0, 0.1) is 0 Å². The summed E-state index contributed by atoms with van der Waals surface area (Å²) in [4.78, 5) is 14.9. The smallest absolute Gasteiger partial charge is 0.164 e. The van der Waals surface area contributed by atoms with Crippen LogP contribution in [0.2, 0.25) is 0 Å². The summed E-state index contributed by atoms with van der Waals surface area (Å²) in [5.74, 6) is 1.96. The van der Waals surface area contributed by atoms with Gasteiger partial charge in [0, 0.05) is 39.9 Å². The second-order valence-corrected chi connectivity index (χ2v) is 12.5. The highest BCUT2D eigenvalue weighted by molar-refractivity contribution is 6.11. The third-order valence-electron chi connectivity index (χ3n) is 9.44. The van der Waals surface area contributed by atoms with Crippen molar-refractivity contribution in [2.45, 2.75) is 33.1 Å². The molecule has 0 bridgehead atoms. The lowest BCUT2D eigenvalue weighted by atomic mass is 9.82. The molecule has 4 nitrogen and oxygen atoms in total. The summed E-state index contributed by atoms with van der Waals surface area (Å²) < 4.78 is 8.60. The summed E-state index contributed by atoms with van der Waals surface area (Å²) in [6, 6.07) is 51.2. The molecular formula is C44H36N4. The lowest BCUT2D eigenvalue weighted by Crippen LogP contribution is -2.14. The van der Waals surface area contributed by atoms with E-state index in [9.17, 15) is 0 Å². The molecule has 0 radical (unpaired) electrons. The maximum absolute atomic E-state index is 6.21. The number of benzene rings is 6. The molecule has 1 aliphatic carbocycles. The fourth-order valence-electron chi connectivity index (χ4n) is 7.16. The number of hydrogen-bond acceptors (Lipinski definition) is 3. The minimum Gasteiger partial charge on any atom is -0.309 e. The predicted molar refractivity (Wildman–Crippen MR) is 199 cm³/mol. The first-order valence-electron chi connectivity index (χ1n) is 17.1. The van der Waals surface area contributed by atoms with Gasteiger partial charge < -0.3 is 4.57 Å². The van der Waals surface area contributed by atoms with Gasteiger partial charge in [0.05, 0.1) is 11.0 Å². The first kappa shape index (κ1) is 28.4. The lowest BCUT2D eigenvalue weighted by Gasteiger charge is -2.21. The Morgan fingerprint density at radius 3 is 1.75 bits per heavy atom. The van der Waals surface area contributed by atoms with E-state index in [1.807, 2.05) is 60.7 Å². The van der Waals surface area contributed by atoms with E-state index in [-0.39, 0.29) is 5.41 Å². The number of para-hydroxylation sites is 1. The van der Waals surface area contributed by atoms with Crippen molar-refractivity contribution in [2.75, 3.05) is 0 Å². The maximum atomic E-state index is 6.21. The highest BCUT2D eigenvalue weighted by Crippen LogP contribution is 2.51. The van der Waals surface area contributed by atoms with E-state index in [0.29, 0.717) is 24.4 Å². The number of hydrogen-bond donors (Lipinski definition) is 0. The largest absolute Gasteiger partial charge is 0.309 e. The molecule has 0 unspecified atom stereocenters. The van der Waals surface area contributed by atoms with Gasteiger partial charge in [0.1, 0.15) is 0 Å². The van der Waals surface area contributed by atoms with Gasteiger partial charge in [-0.3, -0.25) is 0 Å². The Morgan fingerprint density at radius 1 is 0.500 bits per heavy atom. The molecule has 9 rings (SSSR count). The molecule has 0 fully saturated rings. The Bertz CT molecular complexity index is 2410. The average molecular weight is 623 g/mol. The SMILES string of the molecule is CC1(C)c2ccccc2-c2cc3c4ccccc4n(-c4cccc(-c5nc(-c6ccccc6)nc(-c6ccccc6)n5)c4)c3cc21.[3H]CC. The second-order valence-electron chi connectivity index (χ2n) is 12.5. The van der Waals surface area contributed by atoms with E-state index in [4.69, 9.17) is 16.3 Å². The van der Waals surface area contributed by atoms with Gasteiger partial charge in [-0.1, -0.05) is 143 Å². The summed E-state index contributed by atoms with van der Waals surface area (Å²) in [6.07, 6.45) is 0. The molecule has 2 aromatic heterocycles. The van der Waals surface area contributed by atoms with Crippen molar-refractivity contribution in [3.63, 3.8) is 0 Å². The second kappa shape index (κ2) is 11.7. The molecule has 8 aromatic rings. The zero-order valence-corrected chi connectivity index (χ0v) is 27.4. The van der Waals surface area contributed by atoms with Crippen molar-refractivity contribution in [1.82, 2.24) is 19.5 Å². The Kier molecular flexibility index (Phi) is 6.93. The number of rotatable bonds is 4. The van der Waals surface area contributed by atoms with Gasteiger partial charge in [-0.15, -0.1) is 0 Å². The molecule has 4 heteroatoms. The van der Waals surface area contributed by atoms with Crippen molar-refractivity contribution in [3.8, 4) is 51.0 Å². The van der Waals surface area contributed by atoms with Gasteiger partial charge >= 0.3 is 0 Å². The van der Waals surface area contributed by atoms with Crippen LogP contribution < -0.4 is 0 Å². The number of aromatic nitrogens is 4. The molecule has 0 saturated carbocycles. The standard InChI is InChI=1S/C42H30N4.C2H6/c1-42(2)35-22-11-9-20-31(35)33-25-34-32-21-10-12-23-37(32)46(38(34)26-36(33)42)30-19-13-18-29(24-30)41-44-39(27-14-5-3-6-15-27)43-40(45-41)28-16-7-4-8-17-28;1-2/h3-26H,1-2H3;1-2H3/i;1T. The fraction of sp³-hybridized carbons (Fsp3) is 0.114. The summed E-state index contributed by atoms with van der Waals surface area (Å²) in [5.41, 5.74) is 11.6. The van der Waals surface area contributed by atoms with Crippen LogP contribution in [0.25, 0.3) is 72.8 Å². The molecule has 0 aliphatic heterocycles. The molecular weight excluding hydrogens is 585 g/mol. The van der Waals surface area contributed by atoms with Crippen LogP contribution in [-0.4, -0.2) is 19.5 Å². The number of nitrogens with zero attached hydrogens (tertiary/aromatic N) is 4. The van der Waals surface area contributed by atoms with Gasteiger partial charge in [0.25, 0.3) is 0 Å². The number of fused-ring (bicyclic) bond motifs is 6. The minimum absolute atomic E-state index is 0.0875. The average Bonchev–Trinajstić information content (AvgIpc) is 3.60. The van der Waals surface area contributed by atoms with Gasteiger partial charge in [0.15, 0.2) is 17.5 Å². The third-order valence-corrected chi connectivity index (χ3v) is 9.44. The zero-order chi connectivity index (χ0) is 33.5. The Labute approximate surface area is 282 Å². The van der Waals surface area contributed by atoms with Crippen LogP contribution in [-0.2, 0) is 5.41 Å². The van der Waals surface area contributed by atoms with Crippen LogP contribution in [0.1, 0.15) is 40.2 Å². The van der Waals surface area contributed by atoms with Crippen molar-refractivity contribution < 1.29 is 1.37 Å². The highest BCUT2D eigenvalue weighted by Gasteiger charge is 2.36. The van der Waals surface area contributed by atoms with Gasteiger partial charge in [-0.2, -0.15) is 0 Å².